The third-order valence-electron chi connectivity index (χ3n) is 1.87. The number of nitrogens with one attached hydrogen (secondary N) is 1. The first-order chi connectivity index (χ1) is 7.69. The van der Waals surface area contributed by atoms with E-state index in [2.05, 4.69) is 19.7 Å². The summed E-state index contributed by atoms with van der Waals surface area (Å²) in [4.78, 5) is 8.23. The average Bonchev–Trinajstić information content (AvgIpc) is 2.64. The molecular formula is C10H9N5S. The minimum absolute atomic E-state index is 0.289. The third-order valence-corrected chi connectivity index (χ3v) is 2.66. The molecule has 0 aliphatic rings. The molecule has 0 unspecified atom stereocenters. The molecule has 0 radical (unpaired) electrons. The molecule has 0 aromatic carbocycles. The molecule has 2 aromatic rings. The van der Waals surface area contributed by atoms with E-state index in [0.29, 0.717) is 5.82 Å². The molecule has 0 amide bonds. The molecule has 0 aliphatic carbocycles. The van der Waals surface area contributed by atoms with Crippen LogP contribution in [-0.4, -0.2) is 14.3 Å². The van der Waals surface area contributed by atoms with Crippen LogP contribution in [0.2, 0.25) is 0 Å². The van der Waals surface area contributed by atoms with E-state index in [0.717, 1.165) is 16.4 Å². The van der Waals surface area contributed by atoms with Gasteiger partial charge in [-0.15, -0.1) is 0 Å². The minimum atomic E-state index is 0.289. The van der Waals surface area contributed by atoms with Crippen molar-refractivity contribution in [3.05, 3.63) is 29.3 Å². The Hall–Kier alpha value is -2.00. The van der Waals surface area contributed by atoms with Crippen LogP contribution in [0.15, 0.2) is 12.3 Å². The Balaban J connectivity index is 2.34. The summed E-state index contributed by atoms with van der Waals surface area (Å²) in [5, 5.41) is 12.8. The first-order valence-electron chi connectivity index (χ1n) is 4.63. The van der Waals surface area contributed by atoms with E-state index in [4.69, 9.17) is 5.26 Å². The van der Waals surface area contributed by atoms with Crippen LogP contribution in [0.4, 0.5) is 10.8 Å². The lowest BCUT2D eigenvalue weighted by Crippen LogP contribution is -1.99. The summed E-state index contributed by atoms with van der Waals surface area (Å²) >= 11 is 1.33. The summed E-state index contributed by atoms with van der Waals surface area (Å²) in [5.74, 6) is 0.478. The number of aryl methyl sites for hydroxylation is 2. The number of rotatable bonds is 2. The van der Waals surface area contributed by atoms with E-state index in [1.807, 2.05) is 26.0 Å². The van der Waals surface area contributed by atoms with Gasteiger partial charge in [0.2, 0.25) is 0 Å². The summed E-state index contributed by atoms with van der Waals surface area (Å²) in [6, 6.07) is 3.90. The Labute approximate surface area is 97.0 Å². The van der Waals surface area contributed by atoms with Gasteiger partial charge in [-0.05, 0) is 31.4 Å². The van der Waals surface area contributed by atoms with Crippen molar-refractivity contribution in [2.75, 3.05) is 5.32 Å². The minimum Gasteiger partial charge on any atom is -0.328 e. The van der Waals surface area contributed by atoms with E-state index >= 15 is 0 Å². The molecule has 16 heavy (non-hydrogen) atoms. The normalized spacial score (nSPS) is 9.81. The fraction of sp³-hybridized carbons (Fsp3) is 0.200. The second-order valence-corrected chi connectivity index (χ2v) is 4.08. The van der Waals surface area contributed by atoms with Gasteiger partial charge in [0.05, 0.1) is 11.4 Å². The predicted molar refractivity (Wildman–Crippen MR) is 61.6 cm³/mol. The highest BCUT2D eigenvalue weighted by atomic mass is 32.1. The Morgan fingerprint density at radius 3 is 2.81 bits per heavy atom. The fourth-order valence-corrected chi connectivity index (χ4v) is 1.85. The van der Waals surface area contributed by atoms with Gasteiger partial charge < -0.3 is 5.32 Å². The lowest BCUT2D eigenvalue weighted by atomic mass is 10.4. The summed E-state index contributed by atoms with van der Waals surface area (Å²) < 4.78 is 4.14. The molecule has 2 rings (SSSR count). The number of nitriles is 1. The van der Waals surface area contributed by atoms with Gasteiger partial charge >= 0.3 is 0 Å². The Bertz CT molecular complexity index is 555. The van der Waals surface area contributed by atoms with E-state index < -0.39 is 0 Å². The predicted octanol–water partition coefficient (Wildman–Crippen LogP) is 2.17. The zero-order valence-corrected chi connectivity index (χ0v) is 9.67. The molecule has 2 aromatic heterocycles. The summed E-state index contributed by atoms with van der Waals surface area (Å²) in [7, 11) is 0. The van der Waals surface area contributed by atoms with Gasteiger partial charge in [-0.25, -0.2) is 9.97 Å². The molecule has 1 N–H and O–H groups in total. The van der Waals surface area contributed by atoms with Crippen molar-refractivity contribution in [2.24, 2.45) is 0 Å². The molecule has 6 heteroatoms. The van der Waals surface area contributed by atoms with Gasteiger partial charge in [-0.2, -0.15) is 9.64 Å². The van der Waals surface area contributed by atoms with Crippen molar-refractivity contribution in [3.8, 4) is 6.07 Å². The number of aromatic nitrogens is 3. The van der Waals surface area contributed by atoms with E-state index in [1.165, 1.54) is 11.5 Å². The molecule has 2 heterocycles. The van der Waals surface area contributed by atoms with Crippen LogP contribution in [0.1, 0.15) is 17.1 Å². The van der Waals surface area contributed by atoms with Gasteiger partial charge in [0, 0.05) is 6.20 Å². The summed E-state index contributed by atoms with van der Waals surface area (Å²) in [6.45, 7) is 3.74. The molecule has 0 saturated heterocycles. The number of hydrogen-bond acceptors (Lipinski definition) is 6. The lowest BCUT2D eigenvalue weighted by Gasteiger charge is -2.03. The first kappa shape index (κ1) is 10.5. The molecular weight excluding hydrogens is 222 g/mol. The zero-order valence-electron chi connectivity index (χ0n) is 8.85. The molecule has 0 atom stereocenters. The number of anilines is 2. The van der Waals surface area contributed by atoms with Crippen LogP contribution in [-0.2, 0) is 0 Å². The van der Waals surface area contributed by atoms with E-state index in [-0.39, 0.29) is 5.69 Å². The van der Waals surface area contributed by atoms with Gasteiger partial charge in [0.1, 0.15) is 11.1 Å². The van der Waals surface area contributed by atoms with Gasteiger partial charge in [0.15, 0.2) is 11.5 Å². The Kier molecular flexibility index (Phi) is 2.79. The smallest absolute Gasteiger partial charge is 0.183 e. The number of hydrogen-bond donors (Lipinski definition) is 1. The number of nitrogens with zero attached hydrogens (tertiary/aromatic N) is 4. The van der Waals surface area contributed by atoms with E-state index in [9.17, 15) is 0 Å². The Morgan fingerprint density at radius 2 is 2.19 bits per heavy atom. The maximum absolute atomic E-state index is 8.89. The van der Waals surface area contributed by atoms with Crippen LogP contribution in [0, 0.1) is 25.2 Å². The third kappa shape index (κ3) is 2.15. The highest BCUT2D eigenvalue weighted by Crippen LogP contribution is 2.21. The molecule has 5 nitrogen and oxygen atoms in total. The average molecular weight is 231 g/mol. The largest absolute Gasteiger partial charge is 0.328 e. The van der Waals surface area contributed by atoms with Crippen LogP contribution in [0.5, 0.6) is 0 Å². The van der Waals surface area contributed by atoms with Gasteiger partial charge in [-0.3, -0.25) is 0 Å². The summed E-state index contributed by atoms with van der Waals surface area (Å²) in [5.41, 5.74) is 1.99. The molecule has 0 fully saturated rings. The first-order valence-corrected chi connectivity index (χ1v) is 5.40. The molecule has 0 spiro atoms. The second kappa shape index (κ2) is 4.24. The van der Waals surface area contributed by atoms with Crippen molar-refractivity contribution in [1.82, 2.24) is 14.3 Å². The summed E-state index contributed by atoms with van der Waals surface area (Å²) in [6.07, 6.45) is 1.57. The van der Waals surface area contributed by atoms with Crippen molar-refractivity contribution in [1.29, 1.82) is 5.26 Å². The SMILES string of the molecule is Cc1cc(Nc2nc(C)cnc2C#N)sn1. The molecule has 0 bridgehead atoms. The van der Waals surface area contributed by atoms with Crippen molar-refractivity contribution >= 4 is 22.4 Å². The second-order valence-electron chi connectivity index (χ2n) is 3.28. The standard InChI is InChI=1S/C10H9N5S/c1-6-3-9(16-15-6)14-10-8(4-11)12-5-7(2)13-10/h3,5H,1-2H3,(H,13,14). The zero-order chi connectivity index (χ0) is 11.5. The fourth-order valence-electron chi connectivity index (χ4n) is 1.19. The lowest BCUT2D eigenvalue weighted by molar-refractivity contribution is 1.10. The van der Waals surface area contributed by atoms with Crippen molar-refractivity contribution in [2.45, 2.75) is 13.8 Å². The quantitative estimate of drug-likeness (QED) is 0.857. The van der Waals surface area contributed by atoms with Crippen molar-refractivity contribution < 1.29 is 0 Å². The highest BCUT2D eigenvalue weighted by Gasteiger charge is 2.07. The van der Waals surface area contributed by atoms with Crippen LogP contribution in [0.3, 0.4) is 0 Å². The topological polar surface area (TPSA) is 74.5 Å². The molecule has 0 saturated carbocycles. The van der Waals surface area contributed by atoms with Crippen LogP contribution >= 0.6 is 11.5 Å². The van der Waals surface area contributed by atoms with E-state index in [1.54, 1.807) is 6.20 Å². The molecule has 0 aliphatic heterocycles. The monoisotopic (exact) mass is 231 g/mol. The highest BCUT2D eigenvalue weighted by molar-refractivity contribution is 7.10. The van der Waals surface area contributed by atoms with Crippen molar-refractivity contribution in [3.63, 3.8) is 0 Å². The van der Waals surface area contributed by atoms with Gasteiger partial charge in [-0.1, -0.05) is 0 Å². The Morgan fingerprint density at radius 1 is 1.38 bits per heavy atom. The van der Waals surface area contributed by atoms with Gasteiger partial charge in [0.25, 0.3) is 0 Å². The maximum atomic E-state index is 8.89. The maximum Gasteiger partial charge on any atom is 0.183 e. The van der Waals surface area contributed by atoms with Crippen LogP contribution in [0.25, 0.3) is 0 Å². The van der Waals surface area contributed by atoms with Crippen LogP contribution < -0.4 is 5.32 Å². The molecule has 80 valence electrons.